The van der Waals surface area contributed by atoms with Gasteiger partial charge in [-0.05, 0) is 81.5 Å². The van der Waals surface area contributed by atoms with E-state index in [1.807, 2.05) is 48.0 Å². The van der Waals surface area contributed by atoms with Crippen molar-refractivity contribution in [1.82, 2.24) is 24.8 Å². The number of pyridine rings is 1. The molecule has 1 saturated heterocycles. The highest BCUT2D eigenvalue weighted by Crippen LogP contribution is 2.63. The predicted molar refractivity (Wildman–Crippen MR) is 217 cm³/mol. The summed E-state index contributed by atoms with van der Waals surface area (Å²) in [6.45, 7) is 4.79. The lowest BCUT2D eigenvalue weighted by molar-refractivity contribution is -0.152. The van der Waals surface area contributed by atoms with Crippen molar-refractivity contribution < 1.29 is 23.8 Å². The van der Waals surface area contributed by atoms with Crippen LogP contribution in [0.15, 0.2) is 48.7 Å². The zero-order chi connectivity index (χ0) is 39.0. The van der Waals surface area contributed by atoms with E-state index in [0.29, 0.717) is 57.5 Å². The molecule has 8 rings (SSSR count). The van der Waals surface area contributed by atoms with E-state index in [1.54, 1.807) is 19.4 Å². The molecule has 3 fully saturated rings. The number of carbonyl (C=O) groups is 2. The maximum absolute atomic E-state index is 13.8. The maximum Gasteiger partial charge on any atom is 0.311 e. The van der Waals surface area contributed by atoms with Gasteiger partial charge in [0.2, 0.25) is 0 Å². The maximum atomic E-state index is 13.8. The lowest BCUT2D eigenvalue weighted by Crippen LogP contribution is -2.34. The van der Waals surface area contributed by atoms with E-state index in [-0.39, 0.29) is 22.7 Å². The van der Waals surface area contributed by atoms with Gasteiger partial charge in [-0.2, -0.15) is 0 Å². The Morgan fingerprint density at radius 2 is 1.80 bits per heavy atom. The largest absolute Gasteiger partial charge is 0.496 e. The van der Waals surface area contributed by atoms with Gasteiger partial charge in [-0.25, -0.2) is 4.98 Å². The first-order chi connectivity index (χ1) is 27.1. The van der Waals surface area contributed by atoms with Crippen molar-refractivity contribution in [3.63, 3.8) is 0 Å². The van der Waals surface area contributed by atoms with Crippen LogP contribution in [0.3, 0.4) is 0 Å². The molecule has 56 heavy (non-hydrogen) atoms. The Hall–Kier alpha value is -4.00. The van der Waals surface area contributed by atoms with Crippen molar-refractivity contribution in [2.45, 2.75) is 76.9 Å². The number of hydrogen-bond donors (Lipinski definition) is 2. The Kier molecular flexibility index (Phi) is 11.2. The topological polar surface area (TPSA) is 120 Å². The molecule has 11 nitrogen and oxygen atoms in total. The first-order valence-electron chi connectivity index (χ1n) is 19.7. The summed E-state index contributed by atoms with van der Waals surface area (Å²) in [4.78, 5) is 38.3. The lowest BCUT2D eigenvalue weighted by Gasteiger charge is -2.32. The van der Waals surface area contributed by atoms with Crippen molar-refractivity contribution in [1.29, 1.82) is 0 Å². The van der Waals surface area contributed by atoms with Gasteiger partial charge in [0, 0.05) is 86.5 Å². The Balaban J connectivity index is 0.945. The summed E-state index contributed by atoms with van der Waals surface area (Å²) in [6, 6.07) is 13.8. The molecule has 296 valence electrons. The van der Waals surface area contributed by atoms with E-state index >= 15 is 0 Å². The van der Waals surface area contributed by atoms with Crippen LogP contribution >= 0.6 is 23.2 Å². The van der Waals surface area contributed by atoms with Crippen molar-refractivity contribution in [3.8, 4) is 28.1 Å². The highest BCUT2D eigenvalue weighted by molar-refractivity contribution is 6.39. The fraction of sp³-hybridized carbons (Fsp3) is 0.488. The van der Waals surface area contributed by atoms with E-state index in [1.165, 1.54) is 7.11 Å². The molecule has 2 aromatic heterocycles. The van der Waals surface area contributed by atoms with Crippen LogP contribution < -0.4 is 15.4 Å². The van der Waals surface area contributed by atoms with Crippen molar-refractivity contribution in [2.24, 2.45) is 17.9 Å². The third-order valence-electron chi connectivity index (χ3n) is 12.9. The first kappa shape index (κ1) is 38.9. The summed E-state index contributed by atoms with van der Waals surface area (Å²) in [7, 11) is 5.08. The number of aromatic nitrogens is 3. The van der Waals surface area contributed by atoms with E-state index in [9.17, 15) is 9.59 Å². The zero-order valence-corrected chi connectivity index (χ0v) is 33.9. The van der Waals surface area contributed by atoms with Gasteiger partial charge >= 0.3 is 5.97 Å². The minimum atomic E-state index is -0.331. The normalized spacial score (nSPS) is 22.2. The number of esters is 1. The van der Waals surface area contributed by atoms with Gasteiger partial charge in [-0.15, -0.1) is 0 Å². The standard InChI is InChI=1S/C43H50Cl2N6O5/c1-50-34-10-19-51(20-17-42-13-15-43(26-42,16-14-42)41(53)55-3)25-33(34)48-39(50)40(52)49-32-6-4-5-30(36(32)44)31-9-18-46-38(37(31)45)27-7-8-28(35(23-27)54-2)24-47-29-11-21-56-22-12-29/h4-9,18,23,29,47H,10-17,19-22,24-26H2,1-3H3,(H,49,52). The number of nitrogens with one attached hydrogen (secondary N) is 2. The van der Waals surface area contributed by atoms with Gasteiger partial charge < -0.3 is 29.4 Å². The number of hydrogen-bond acceptors (Lipinski definition) is 9. The number of carbonyl (C=O) groups excluding carboxylic acids is 2. The summed E-state index contributed by atoms with van der Waals surface area (Å²) >= 11 is 14.1. The number of methoxy groups -OCH3 is 2. The molecule has 4 heterocycles. The molecule has 2 bridgehead atoms. The second kappa shape index (κ2) is 16.1. The van der Waals surface area contributed by atoms with Crippen molar-refractivity contribution >= 4 is 40.8 Å². The van der Waals surface area contributed by atoms with Crippen molar-refractivity contribution in [2.75, 3.05) is 45.8 Å². The molecular formula is C43H50Cl2N6O5. The molecule has 0 radical (unpaired) electrons. The number of halogens is 2. The molecule has 1 amide bonds. The van der Waals surface area contributed by atoms with Gasteiger partial charge in [0.1, 0.15) is 5.75 Å². The van der Waals surface area contributed by atoms with Crippen LogP contribution in [-0.2, 0) is 40.8 Å². The van der Waals surface area contributed by atoms with Crippen LogP contribution in [0.1, 0.15) is 78.9 Å². The lowest BCUT2D eigenvalue weighted by atomic mass is 9.80. The quantitative estimate of drug-likeness (QED) is 0.138. The average Bonchev–Trinajstić information content (AvgIpc) is 3.91. The molecule has 4 aromatic rings. The Morgan fingerprint density at radius 1 is 1.02 bits per heavy atom. The van der Waals surface area contributed by atoms with Gasteiger partial charge in [-0.3, -0.25) is 19.5 Å². The number of amides is 1. The number of nitrogens with zero attached hydrogens (tertiary/aromatic N) is 4. The molecular weight excluding hydrogens is 751 g/mol. The Labute approximate surface area is 338 Å². The molecule has 0 unspecified atom stereocenters. The van der Waals surface area contributed by atoms with Gasteiger partial charge in [0.25, 0.3) is 5.91 Å². The van der Waals surface area contributed by atoms with E-state index < -0.39 is 0 Å². The summed E-state index contributed by atoms with van der Waals surface area (Å²) in [6.07, 6.45) is 10.6. The van der Waals surface area contributed by atoms with Gasteiger partial charge in [-0.1, -0.05) is 47.5 Å². The molecule has 0 atom stereocenters. The van der Waals surface area contributed by atoms with Crippen LogP contribution in [0.2, 0.25) is 10.0 Å². The fourth-order valence-electron chi connectivity index (χ4n) is 9.59. The minimum Gasteiger partial charge on any atom is -0.496 e. The molecule has 2 N–H and O–H groups in total. The second-order valence-corrected chi connectivity index (χ2v) is 16.8. The minimum absolute atomic E-state index is 0.0322. The molecule has 2 aliphatic heterocycles. The molecule has 0 spiro atoms. The molecule has 2 aliphatic carbocycles. The average molecular weight is 802 g/mol. The van der Waals surface area contributed by atoms with Crippen molar-refractivity contribution in [3.05, 3.63) is 81.5 Å². The van der Waals surface area contributed by atoms with Crippen LogP contribution in [0.5, 0.6) is 5.75 Å². The van der Waals surface area contributed by atoms with E-state index in [0.717, 1.165) is 112 Å². The van der Waals surface area contributed by atoms with Crippen LogP contribution in [0, 0.1) is 10.8 Å². The predicted octanol–water partition coefficient (Wildman–Crippen LogP) is 7.86. The molecule has 2 aromatic carbocycles. The Morgan fingerprint density at radius 3 is 2.57 bits per heavy atom. The van der Waals surface area contributed by atoms with Gasteiger partial charge in [0.15, 0.2) is 5.82 Å². The summed E-state index contributed by atoms with van der Waals surface area (Å²) in [5.74, 6) is 0.732. The smallest absolute Gasteiger partial charge is 0.311 e. The number of benzene rings is 2. The van der Waals surface area contributed by atoms with E-state index in [2.05, 4.69) is 20.5 Å². The number of anilines is 1. The summed E-state index contributed by atoms with van der Waals surface area (Å²) in [5.41, 5.74) is 6.26. The van der Waals surface area contributed by atoms with Crippen LogP contribution in [0.4, 0.5) is 5.69 Å². The number of rotatable bonds is 12. The Bertz CT molecular complexity index is 2120. The molecule has 13 heteroatoms. The number of fused-ring (bicyclic) bond motifs is 3. The second-order valence-electron chi connectivity index (χ2n) is 16.0. The third-order valence-corrected chi connectivity index (χ3v) is 13.7. The van der Waals surface area contributed by atoms with Crippen LogP contribution in [-0.4, -0.2) is 77.9 Å². The third kappa shape index (κ3) is 7.44. The van der Waals surface area contributed by atoms with Crippen LogP contribution in [0.25, 0.3) is 22.4 Å². The monoisotopic (exact) mass is 800 g/mol. The van der Waals surface area contributed by atoms with Gasteiger partial charge in [0.05, 0.1) is 46.8 Å². The number of imidazole rings is 1. The SMILES string of the molecule is COC(=O)C12CCC(CCN3CCc4c(nc(C(=O)Nc5cccc(-c6ccnc(-c7ccc(CNC8CCOCC8)c(OC)c7)c6Cl)c5Cl)n4C)C3)(CC1)C2. The highest BCUT2D eigenvalue weighted by Gasteiger charge is 2.58. The summed E-state index contributed by atoms with van der Waals surface area (Å²) < 4.78 is 18.4. The first-order valence-corrected chi connectivity index (χ1v) is 20.5. The number of ether oxygens (including phenoxy) is 3. The zero-order valence-electron chi connectivity index (χ0n) is 32.4. The molecule has 2 saturated carbocycles. The highest BCUT2D eigenvalue weighted by atomic mass is 35.5. The molecule has 4 aliphatic rings. The van der Waals surface area contributed by atoms with E-state index in [4.69, 9.17) is 42.4 Å². The summed E-state index contributed by atoms with van der Waals surface area (Å²) in [5, 5.41) is 7.46. The fourth-order valence-corrected chi connectivity index (χ4v) is 10.2.